The van der Waals surface area contributed by atoms with Crippen LogP contribution in [0.2, 0.25) is 0 Å². The zero-order chi connectivity index (χ0) is 66.3. The van der Waals surface area contributed by atoms with E-state index >= 15 is 0 Å². The molecule has 8 unspecified atom stereocenters. The summed E-state index contributed by atoms with van der Waals surface area (Å²) in [6.07, 6.45) is -4.99. The lowest BCUT2D eigenvalue weighted by Gasteiger charge is -2.35. The Labute approximate surface area is 454 Å². The van der Waals surface area contributed by atoms with E-state index in [1.54, 1.807) is 0 Å². The van der Waals surface area contributed by atoms with Gasteiger partial charge in [0.1, 0.15) is 0 Å². The Hall–Kier alpha value is -3.08. The summed E-state index contributed by atoms with van der Waals surface area (Å²) >= 11 is 0. The van der Waals surface area contributed by atoms with Crippen LogP contribution >= 0.6 is 60.8 Å². The van der Waals surface area contributed by atoms with Crippen molar-refractivity contribution in [2.75, 3.05) is 6.61 Å². The van der Waals surface area contributed by atoms with Gasteiger partial charge in [0.2, 0.25) is 0 Å². The number of hydrogen-bond acceptors (Lipinski definition) is 17. The van der Waals surface area contributed by atoms with Crippen molar-refractivity contribution in [3.8, 4) is 0 Å². The number of hydrogen-bond donors (Lipinski definition) is 25. The summed E-state index contributed by atoms with van der Waals surface area (Å²) in [5, 5.41) is 67.9. The van der Waals surface area contributed by atoms with Crippen molar-refractivity contribution in [2.45, 2.75) is 135 Å². The normalized spacial score (nSPS) is 17.3. The predicted molar refractivity (Wildman–Crippen MR) is 263 cm³/mol. The molecule has 0 fully saturated rings. The van der Waals surface area contributed by atoms with Crippen molar-refractivity contribution in [2.24, 2.45) is 5.92 Å². The molecule has 0 heterocycles. The van der Waals surface area contributed by atoms with Crippen molar-refractivity contribution in [3.05, 3.63) is 0 Å². The van der Waals surface area contributed by atoms with E-state index in [4.69, 9.17) is 99.6 Å². The molecule has 0 saturated carbocycles. The molecule has 25 N–H and O–H groups in total. The third-order valence-corrected chi connectivity index (χ3v) is 23.8. The van der Waals surface area contributed by atoms with Crippen molar-refractivity contribution in [3.63, 3.8) is 0 Å². The fourth-order valence-corrected chi connectivity index (χ4v) is 15.0. The highest BCUT2D eigenvalue weighted by Gasteiger charge is 2.62. The number of rotatable bonds is 32. The Morgan fingerprint density at radius 2 is 0.617 bits per heavy atom. The number of aliphatic carboxylic acids is 8. The first kappa shape index (κ1) is 84.4. The minimum Gasteiger partial charge on any atom is -0.481 e. The van der Waals surface area contributed by atoms with Crippen molar-refractivity contribution in [1.29, 1.82) is 0 Å². The molecule has 0 aliphatic heterocycles. The van der Waals surface area contributed by atoms with Gasteiger partial charge in [-0.3, -0.25) is 74.9 Å². The summed E-state index contributed by atoms with van der Waals surface area (Å²) in [7, 11) is -42.9. The minimum absolute atomic E-state index is 0.0821. The second-order valence-electron chi connectivity index (χ2n) is 17.5. The van der Waals surface area contributed by atoms with E-state index in [9.17, 15) is 99.6 Å². The molecule has 0 aromatic heterocycles. The Kier molecular flexibility index (Phi) is 32.7. The highest BCUT2D eigenvalue weighted by atomic mass is 31.2. The molecule has 0 bridgehead atoms. The molecular formula is C32H64O41P8. The first-order valence-corrected chi connectivity index (χ1v) is 34.6. The van der Waals surface area contributed by atoms with Crippen LogP contribution in [-0.4, -0.2) is 222 Å². The van der Waals surface area contributed by atoms with Gasteiger partial charge in [-0.15, -0.1) is 0 Å². The van der Waals surface area contributed by atoms with E-state index in [0.29, 0.717) is 12.8 Å². The molecule has 0 saturated heterocycles. The fourth-order valence-electron chi connectivity index (χ4n) is 6.72. The molecule has 8 atom stereocenters. The molecule has 0 radical (unpaired) electrons. The van der Waals surface area contributed by atoms with Gasteiger partial charge in [-0.2, -0.15) is 0 Å². The highest BCUT2D eigenvalue weighted by Crippen LogP contribution is 2.63. The van der Waals surface area contributed by atoms with Gasteiger partial charge in [-0.25, -0.2) is 0 Å². The Morgan fingerprint density at radius 3 is 0.790 bits per heavy atom. The maximum Gasteiger partial charge on any atom is 0.345 e. The lowest BCUT2D eigenvalue weighted by molar-refractivity contribution is -0.145. The van der Waals surface area contributed by atoms with Crippen LogP contribution < -0.4 is 0 Å². The quantitative estimate of drug-likeness (QED) is 0.0257. The highest BCUT2D eigenvalue weighted by molar-refractivity contribution is 7.57. The van der Waals surface area contributed by atoms with Crippen LogP contribution in [0.4, 0.5) is 0 Å². The lowest BCUT2D eigenvalue weighted by Crippen LogP contribution is -2.47. The molecule has 0 spiro atoms. The van der Waals surface area contributed by atoms with Crippen LogP contribution in [0.15, 0.2) is 0 Å². The molecule has 0 aliphatic rings. The van der Waals surface area contributed by atoms with Gasteiger partial charge in [0.05, 0.1) is 6.61 Å². The molecule has 0 rings (SSSR count). The first-order chi connectivity index (χ1) is 35.6. The molecule has 0 aliphatic carbocycles. The minimum atomic E-state index is -5.58. The van der Waals surface area contributed by atoms with E-state index in [1.165, 1.54) is 0 Å². The number of aliphatic hydroxyl groups excluding tert-OH is 1. The molecule has 49 heteroatoms. The van der Waals surface area contributed by atoms with E-state index in [1.807, 2.05) is 6.92 Å². The first-order valence-electron chi connectivity index (χ1n) is 21.4. The van der Waals surface area contributed by atoms with Crippen LogP contribution in [0.5, 0.6) is 0 Å². The number of carboxylic acids is 8. The van der Waals surface area contributed by atoms with Crippen LogP contribution in [0.1, 0.15) is 91.9 Å². The number of carbonyl (C=O) groups is 8. The number of aliphatic hydroxyl groups is 1. The van der Waals surface area contributed by atoms with Gasteiger partial charge in [-0.1, -0.05) is 53.4 Å². The Bertz CT molecular complexity index is 2560. The van der Waals surface area contributed by atoms with Crippen LogP contribution in [0.25, 0.3) is 0 Å². The standard InChI is InChI=1S/C11H22O10P2.C8H16O10P2.C7H14O10P2.C6H12O11P2/c1-2-3-4-5-6-11(10(14)15,23(19,20)21)7-8(9(12)13)22(16,17)18;1-4(2)8(7(11)12,20(16,17)18)3-5(6(9)10)19(13,14)15;1-2-7(6(10)11,19(15,16)17)3-4(5(8)9)18(12,13)14;7-2-6(5(10)11,19(15,16)17)1-3(4(8)9)18(12,13)14/h8H,2-7H2,1H3,(H,12,13)(H,14,15)(H2,16,17,18)(H2,19,20,21);4-5H,3H2,1-2H3,(H,9,10)(H,11,12)(H2,13,14,15)(H2,16,17,18);4H,2-3H2,1H3,(H,8,9)(H,10,11)(H2,12,13,14)(H2,15,16,17);3,7H,1-2H2,(H,8,9)(H,10,11)(H2,12,13,14)(H2,15,16,17). The van der Waals surface area contributed by atoms with E-state index in [2.05, 4.69) is 0 Å². The van der Waals surface area contributed by atoms with Crippen molar-refractivity contribution < 1.29 is 199 Å². The van der Waals surface area contributed by atoms with E-state index < -0.39 is 203 Å². The Balaban J connectivity index is -0.000000490. The maximum absolute atomic E-state index is 11.7. The number of unbranched alkanes of at least 4 members (excludes halogenated alkanes) is 3. The van der Waals surface area contributed by atoms with Crippen LogP contribution in [0.3, 0.4) is 0 Å². The summed E-state index contributed by atoms with van der Waals surface area (Å²) in [4.78, 5) is 232. The molecule has 0 amide bonds. The largest absolute Gasteiger partial charge is 0.481 e. The molecular weight excluding hydrogens is 1290 g/mol. The summed E-state index contributed by atoms with van der Waals surface area (Å²) in [6.45, 7) is 3.49. The Morgan fingerprint density at radius 1 is 0.358 bits per heavy atom. The topological polar surface area (TPSA) is 779 Å². The predicted octanol–water partition coefficient (Wildman–Crippen LogP) is -1.94. The fraction of sp³-hybridized carbons (Fsp3) is 0.750. The van der Waals surface area contributed by atoms with Gasteiger partial charge < -0.3 is 124 Å². The smallest absolute Gasteiger partial charge is 0.345 e. The molecule has 0 aromatic rings. The summed E-state index contributed by atoms with van der Waals surface area (Å²) < 4.78 is 89.8. The average Bonchev–Trinajstić information content (AvgIpc) is 3.20. The van der Waals surface area contributed by atoms with E-state index in [0.717, 1.165) is 27.2 Å². The summed E-state index contributed by atoms with van der Waals surface area (Å²) in [5.74, 6) is -17.7. The van der Waals surface area contributed by atoms with E-state index in [-0.39, 0.29) is 6.42 Å². The summed E-state index contributed by atoms with van der Waals surface area (Å²) in [5.41, 5.74) is -10.2. The third-order valence-electron chi connectivity index (χ3n) is 11.9. The molecule has 478 valence electrons. The molecule has 41 nitrogen and oxygen atoms in total. The van der Waals surface area contributed by atoms with Gasteiger partial charge in [0.15, 0.2) is 43.3 Å². The van der Waals surface area contributed by atoms with Crippen LogP contribution in [-0.2, 0) is 74.9 Å². The maximum atomic E-state index is 11.7. The molecule has 0 aromatic carbocycles. The van der Waals surface area contributed by atoms with Gasteiger partial charge in [0.25, 0.3) is 0 Å². The van der Waals surface area contributed by atoms with Gasteiger partial charge in [-0.05, 0) is 31.6 Å². The van der Waals surface area contributed by atoms with Gasteiger partial charge in [0, 0.05) is 12.8 Å². The SMILES string of the molecule is CC(C)C(CC(C(=O)O)P(=O)(O)O)(C(=O)O)P(=O)(O)O.CCC(CC(C(=O)O)P(=O)(O)O)(C(=O)O)P(=O)(O)O.CCCCCCC(CC(C(=O)O)P(=O)(O)O)(C(=O)O)P(=O)(O)O.O=C(O)C(CC(CO)(C(=O)O)P(=O)(O)O)P(=O)(O)O. The van der Waals surface area contributed by atoms with Crippen LogP contribution in [0, 0.1) is 5.92 Å². The monoisotopic (exact) mass is 1350 g/mol. The summed E-state index contributed by atoms with van der Waals surface area (Å²) in [6, 6.07) is 0. The zero-order valence-electron chi connectivity index (χ0n) is 42.0. The third kappa shape index (κ3) is 23.4. The average molecular weight is 1350 g/mol. The van der Waals surface area contributed by atoms with Crippen molar-refractivity contribution >= 4 is 109 Å². The zero-order valence-corrected chi connectivity index (χ0v) is 49.1. The van der Waals surface area contributed by atoms with Crippen molar-refractivity contribution in [1.82, 2.24) is 0 Å². The number of carboxylic acid groups (broad SMARTS) is 8. The second-order valence-corrected chi connectivity index (χ2v) is 32.4. The van der Waals surface area contributed by atoms with Gasteiger partial charge >= 0.3 is 109 Å². The second kappa shape index (κ2) is 31.4. The molecule has 81 heavy (non-hydrogen) atoms. The lowest BCUT2D eigenvalue weighted by atomic mass is 9.89.